The fraction of sp³-hybridized carbons (Fsp3) is 0.267. The quantitative estimate of drug-likeness (QED) is 0.879. The Morgan fingerprint density at radius 3 is 2.58 bits per heavy atom. The average molecular weight is 321 g/mol. The highest BCUT2D eigenvalue weighted by Crippen LogP contribution is 2.18. The lowest BCUT2D eigenvalue weighted by Crippen LogP contribution is -2.28. The fourth-order valence-corrected chi connectivity index (χ4v) is 2.30. The van der Waals surface area contributed by atoms with Gasteiger partial charge in [-0.1, -0.05) is 36.8 Å². The number of hydrogen-bond donors (Lipinski definition) is 2. The molecule has 100 valence electrons. The Morgan fingerprint density at radius 2 is 2.05 bits per heavy atom. The van der Waals surface area contributed by atoms with Crippen molar-refractivity contribution in [2.24, 2.45) is 0 Å². The van der Waals surface area contributed by atoms with E-state index < -0.39 is 0 Å². The number of H-pyrrole nitrogens is 1. The number of rotatable bonds is 4. The smallest absolute Gasteiger partial charge is 0.268 e. The van der Waals surface area contributed by atoms with E-state index >= 15 is 0 Å². The molecule has 0 spiro atoms. The summed E-state index contributed by atoms with van der Waals surface area (Å²) in [5.41, 5.74) is 2.92. The van der Waals surface area contributed by atoms with Crippen LogP contribution in [0.5, 0.6) is 0 Å². The molecule has 0 aliphatic heterocycles. The summed E-state index contributed by atoms with van der Waals surface area (Å²) < 4.78 is 0.876. The van der Waals surface area contributed by atoms with Crippen molar-refractivity contribution in [3.63, 3.8) is 0 Å². The van der Waals surface area contributed by atoms with E-state index in [-0.39, 0.29) is 11.9 Å². The number of aryl methyl sites for hydroxylation is 1. The SMILES string of the molecule is CCC(NC(=O)c1cc(Br)c[nH]1)c1ccc(C)cc1. The van der Waals surface area contributed by atoms with Gasteiger partial charge >= 0.3 is 0 Å². The lowest BCUT2D eigenvalue weighted by molar-refractivity contribution is 0.0931. The van der Waals surface area contributed by atoms with E-state index in [1.807, 2.05) is 0 Å². The Labute approximate surface area is 121 Å². The van der Waals surface area contributed by atoms with Gasteiger partial charge in [0.15, 0.2) is 0 Å². The minimum Gasteiger partial charge on any atom is -0.356 e. The van der Waals surface area contributed by atoms with Gasteiger partial charge in [0.2, 0.25) is 0 Å². The Balaban J connectivity index is 2.11. The maximum Gasteiger partial charge on any atom is 0.268 e. The monoisotopic (exact) mass is 320 g/mol. The van der Waals surface area contributed by atoms with Crippen LogP contribution < -0.4 is 5.32 Å². The molecule has 1 atom stereocenters. The molecular weight excluding hydrogens is 304 g/mol. The normalized spacial score (nSPS) is 12.2. The lowest BCUT2D eigenvalue weighted by atomic mass is 10.0. The highest BCUT2D eigenvalue weighted by atomic mass is 79.9. The molecule has 0 bridgehead atoms. The predicted molar refractivity (Wildman–Crippen MR) is 80.2 cm³/mol. The summed E-state index contributed by atoms with van der Waals surface area (Å²) in [7, 11) is 0. The number of hydrogen-bond acceptors (Lipinski definition) is 1. The van der Waals surface area contributed by atoms with Gasteiger partial charge in [0.05, 0.1) is 6.04 Å². The van der Waals surface area contributed by atoms with Crippen molar-refractivity contribution in [1.29, 1.82) is 0 Å². The molecule has 3 nitrogen and oxygen atoms in total. The topological polar surface area (TPSA) is 44.9 Å². The highest BCUT2D eigenvalue weighted by Gasteiger charge is 2.14. The third kappa shape index (κ3) is 3.47. The molecule has 2 N–H and O–H groups in total. The van der Waals surface area contributed by atoms with Gasteiger partial charge < -0.3 is 10.3 Å². The number of aromatic nitrogens is 1. The van der Waals surface area contributed by atoms with Crippen molar-refractivity contribution in [3.8, 4) is 0 Å². The van der Waals surface area contributed by atoms with Crippen LogP contribution in [0.2, 0.25) is 0 Å². The molecule has 2 aromatic rings. The zero-order valence-corrected chi connectivity index (χ0v) is 12.6. The van der Waals surface area contributed by atoms with Crippen molar-refractivity contribution in [2.45, 2.75) is 26.3 Å². The second-order valence-electron chi connectivity index (χ2n) is 4.58. The van der Waals surface area contributed by atoms with Gasteiger partial charge in [-0.05, 0) is 40.9 Å². The average Bonchev–Trinajstić information content (AvgIpc) is 2.84. The number of aromatic amines is 1. The molecule has 0 saturated carbocycles. The third-order valence-electron chi connectivity index (χ3n) is 3.09. The first-order valence-electron chi connectivity index (χ1n) is 6.31. The Kier molecular flexibility index (Phi) is 4.43. The van der Waals surface area contributed by atoms with Crippen LogP contribution in [0.1, 0.15) is 41.0 Å². The highest BCUT2D eigenvalue weighted by molar-refractivity contribution is 9.10. The molecular formula is C15H17BrN2O. The van der Waals surface area contributed by atoms with Crippen LogP contribution >= 0.6 is 15.9 Å². The molecule has 1 aromatic heterocycles. The van der Waals surface area contributed by atoms with Crippen LogP contribution in [0.15, 0.2) is 41.0 Å². The molecule has 1 heterocycles. The molecule has 19 heavy (non-hydrogen) atoms. The molecule has 0 aliphatic rings. The molecule has 0 fully saturated rings. The largest absolute Gasteiger partial charge is 0.356 e. The first-order chi connectivity index (χ1) is 9.10. The number of halogens is 1. The minimum atomic E-state index is -0.0851. The summed E-state index contributed by atoms with van der Waals surface area (Å²) in [5, 5.41) is 3.04. The van der Waals surface area contributed by atoms with Gasteiger partial charge in [-0.3, -0.25) is 4.79 Å². The van der Waals surface area contributed by atoms with Crippen molar-refractivity contribution >= 4 is 21.8 Å². The van der Waals surface area contributed by atoms with E-state index in [1.165, 1.54) is 5.56 Å². The van der Waals surface area contributed by atoms with E-state index in [0.717, 1.165) is 16.5 Å². The summed E-state index contributed by atoms with van der Waals surface area (Å²) in [6.07, 6.45) is 2.61. The number of carbonyl (C=O) groups excluding carboxylic acids is 1. The van der Waals surface area contributed by atoms with Gasteiger partial charge in [-0.25, -0.2) is 0 Å². The summed E-state index contributed by atoms with van der Waals surface area (Å²) >= 11 is 3.33. The number of carbonyl (C=O) groups is 1. The molecule has 1 amide bonds. The summed E-state index contributed by atoms with van der Waals surface area (Å²) in [5.74, 6) is -0.0851. The van der Waals surface area contributed by atoms with E-state index in [4.69, 9.17) is 0 Å². The van der Waals surface area contributed by atoms with Gasteiger partial charge in [0.1, 0.15) is 5.69 Å². The van der Waals surface area contributed by atoms with Crippen molar-refractivity contribution < 1.29 is 4.79 Å². The molecule has 0 saturated heterocycles. The molecule has 4 heteroatoms. The van der Waals surface area contributed by atoms with Crippen molar-refractivity contribution in [2.75, 3.05) is 0 Å². The van der Waals surface area contributed by atoms with E-state index in [1.54, 1.807) is 12.3 Å². The van der Waals surface area contributed by atoms with Crippen LogP contribution in [0.4, 0.5) is 0 Å². The van der Waals surface area contributed by atoms with E-state index in [9.17, 15) is 4.79 Å². The van der Waals surface area contributed by atoms with Crippen LogP contribution in [0.3, 0.4) is 0 Å². The molecule has 1 unspecified atom stereocenters. The minimum absolute atomic E-state index is 0.0372. The van der Waals surface area contributed by atoms with Crippen molar-refractivity contribution in [3.05, 3.63) is 57.8 Å². The van der Waals surface area contributed by atoms with E-state index in [0.29, 0.717) is 5.69 Å². The first kappa shape index (κ1) is 13.9. The van der Waals surface area contributed by atoms with Gasteiger partial charge in [0, 0.05) is 10.7 Å². The maximum absolute atomic E-state index is 12.1. The van der Waals surface area contributed by atoms with Crippen LogP contribution in [-0.4, -0.2) is 10.9 Å². The fourth-order valence-electron chi connectivity index (χ4n) is 1.95. The maximum atomic E-state index is 12.1. The number of nitrogens with one attached hydrogen (secondary N) is 2. The molecule has 0 aliphatic carbocycles. The summed E-state index contributed by atoms with van der Waals surface area (Å²) in [6.45, 7) is 4.12. The van der Waals surface area contributed by atoms with Crippen LogP contribution in [-0.2, 0) is 0 Å². The van der Waals surface area contributed by atoms with Gasteiger partial charge in [-0.15, -0.1) is 0 Å². The molecule has 1 aromatic carbocycles. The number of benzene rings is 1. The number of amides is 1. The van der Waals surface area contributed by atoms with Gasteiger partial charge in [0.25, 0.3) is 5.91 Å². The standard InChI is InChI=1S/C15H17BrN2O/c1-3-13(11-6-4-10(2)5-7-11)18-15(19)14-8-12(16)9-17-14/h4-9,13,17H,3H2,1-2H3,(H,18,19). The third-order valence-corrected chi connectivity index (χ3v) is 3.54. The second kappa shape index (κ2) is 6.06. The molecule has 0 radical (unpaired) electrons. The second-order valence-corrected chi connectivity index (χ2v) is 5.49. The zero-order valence-electron chi connectivity index (χ0n) is 11.0. The van der Waals surface area contributed by atoms with E-state index in [2.05, 4.69) is 64.3 Å². The van der Waals surface area contributed by atoms with Crippen LogP contribution in [0.25, 0.3) is 0 Å². The van der Waals surface area contributed by atoms with Crippen LogP contribution in [0, 0.1) is 6.92 Å². The summed E-state index contributed by atoms with van der Waals surface area (Å²) in [6, 6.07) is 10.1. The van der Waals surface area contributed by atoms with Crippen molar-refractivity contribution in [1.82, 2.24) is 10.3 Å². The molecule has 2 rings (SSSR count). The predicted octanol–water partition coefficient (Wildman–Crippen LogP) is 3.97. The Morgan fingerprint density at radius 1 is 1.37 bits per heavy atom. The lowest BCUT2D eigenvalue weighted by Gasteiger charge is -2.17. The Hall–Kier alpha value is -1.55. The summed E-state index contributed by atoms with van der Waals surface area (Å²) in [4.78, 5) is 15.0. The zero-order chi connectivity index (χ0) is 13.8. The Bertz CT molecular complexity index is 560. The first-order valence-corrected chi connectivity index (χ1v) is 7.10. The van der Waals surface area contributed by atoms with Gasteiger partial charge in [-0.2, -0.15) is 0 Å².